The molecule has 0 bridgehead atoms. The lowest BCUT2D eigenvalue weighted by atomic mass is 9.92. The lowest BCUT2D eigenvalue weighted by Crippen LogP contribution is -2.34. The molecule has 0 N–H and O–H groups in total. The number of fused-ring (bicyclic) bond motifs is 3. The molecule has 11 rings (SSSR count). The Bertz CT molecular complexity index is 3180. The van der Waals surface area contributed by atoms with E-state index >= 15 is 0 Å². The number of rotatable bonds is 10. The summed E-state index contributed by atoms with van der Waals surface area (Å²) in [7, 11) is 0. The summed E-state index contributed by atoms with van der Waals surface area (Å²) in [6, 6.07) is 65.3. The molecule has 1 atom stereocenters. The molecule has 0 radical (unpaired) electrons. The summed E-state index contributed by atoms with van der Waals surface area (Å²) in [5.74, 6) is 0. The van der Waals surface area contributed by atoms with Gasteiger partial charge < -0.3 is 14.2 Å². The standard InChI is InChI=1S/C61H48N2O/c1-5-14-44(15-6-1)46-18-13-23-54(33-24-46)62(52-19-9-3-10-20-52)55-36-27-48(28-37-55)50-31-40-60-58(42-50)59-43-51(32-41-61(59)64-60)49-29-38-57(39-30-49)63(53-21-11-4-12-22-53)56-34-25-47(26-35-56)45-16-7-2-8-17-45/h1-12,14-29,31-34,36-38,40-43,56H,13,30,35,39H2. The Kier molecular flexibility index (Phi) is 10.6. The molecule has 3 aliphatic rings. The third kappa shape index (κ3) is 7.89. The van der Waals surface area contributed by atoms with Crippen LogP contribution >= 0.6 is 0 Å². The maximum atomic E-state index is 6.43. The van der Waals surface area contributed by atoms with Gasteiger partial charge in [-0.25, -0.2) is 0 Å². The van der Waals surface area contributed by atoms with Crippen molar-refractivity contribution in [2.75, 3.05) is 9.80 Å². The first kappa shape index (κ1) is 39.0. The van der Waals surface area contributed by atoms with E-state index in [-0.39, 0.29) is 6.04 Å². The average Bonchev–Trinajstić information content (AvgIpc) is 3.56. The number of hydrogen-bond acceptors (Lipinski definition) is 3. The van der Waals surface area contributed by atoms with Crippen molar-refractivity contribution < 1.29 is 4.42 Å². The van der Waals surface area contributed by atoms with E-state index in [2.05, 4.69) is 246 Å². The summed E-state index contributed by atoms with van der Waals surface area (Å²) >= 11 is 0. The van der Waals surface area contributed by atoms with Crippen LogP contribution in [-0.2, 0) is 0 Å². The van der Waals surface area contributed by atoms with Gasteiger partial charge in [-0.1, -0.05) is 164 Å². The van der Waals surface area contributed by atoms with Gasteiger partial charge in [0.15, 0.2) is 0 Å². The smallest absolute Gasteiger partial charge is 0.135 e. The molecule has 3 nitrogen and oxygen atoms in total. The third-order valence-electron chi connectivity index (χ3n) is 12.8. The Labute approximate surface area is 375 Å². The van der Waals surface area contributed by atoms with Crippen LogP contribution in [0.4, 0.5) is 17.1 Å². The van der Waals surface area contributed by atoms with Gasteiger partial charge in [-0.3, -0.25) is 0 Å². The number of para-hydroxylation sites is 2. The summed E-state index contributed by atoms with van der Waals surface area (Å²) < 4.78 is 6.43. The molecule has 1 aromatic heterocycles. The number of nitrogens with zero attached hydrogens (tertiary/aromatic N) is 2. The molecule has 0 saturated carbocycles. The minimum atomic E-state index is 0.250. The van der Waals surface area contributed by atoms with E-state index in [9.17, 15) is 0 Å². The highest BCUT2D eigenvalue weighted by molar-refractivity contribution is 6.07. The molecule has 0 aliphatic heterocycles. The van der Waals surface area contributed by atoms with E-state index in [1.165, 1.54) is 44.8 Å². The molecule has 0 saturated heterocycles. The van der Waals surface area contributed by atoms with Gasteiger partial charge in [0, 0.05) is 39.2 Å². The van der Waals surface area contributed by atoms with Crippen LogP contribution in [0, 0.1) is 0 Å². The van der Waals surface area contributed by atoms with Crippen molar-refractivity contribution in [2.24, 2.45) is 0 Å². The Morgan fingerprint density at radius 2 is 1.02 bits per heavy atom. The molecular formula is C61H48N2O. The predicted octanol–water partition coefficient (Wildman–Crippen LogP) is 16.3. The Balaban J connectivity index is 0.863. The largest absolute Gasteiger partial charge is 0.456 e. The minimum Gasteiger partial charge on any atom is -0.456 e. The normalized spacial score (nSPS) is 16.1. The van der Waals surface area contributed by atoms with Crippen LogP contribution in [0.25, 0.3) is 49.8 Å². The van der Waals surface area contributed by atoms with Crippen molar-refractivity contribution >= 4 is 55.7 Å². The second kappa shape index (κ2) is 17.5. The monoisotopic (exact) mass is 824 g/mol. The summed E-state index contributed by atoms with van der Waals surface area (Å²) in [6.07, 6.45) is 24.6. The van der Waals surface area contributed by atoms with Crippen LogP contribution in [0.2, 0.25) is 0 Å². The van der Waals surface area contributed by atoms with E-state index in [0.717, 1.165) is 75.8 Å². The molecule has 3 heteroatoms. The third-order valence-corrected chi connectivity index (χ3v) is 12.8. The summed E-state index contributed by atoms with van der Waals surface area (Å²) in [5, 5.41) is 2.28. The molecule has 1 unspecified atom stereocenters. The molecular weight excluding hydrogens is 777 g/mol. The molecule has 8 aromatic rings. The Morgan fingerprint density at radius 3 is 1.64 bits per heavy atom. The minimum absolute atomic E-state index is 0.250. The highest BCUT2D eigenvalue weighted by Gasteiger charge is 2.24. The first-order valence-electron chi connectivity index (χ1n) is 22.5. The van der Waals surface area contributed by atoms with Gasteiger partial charge in [-0.2, -0.15) is 0 Å². The van der Waals surface area contributed by atoms with E-state index < -0.39 is 0 Å². The van der Waals surface area contributed by atoms with Crippen LogP contribution in [0.1, 0.15) is 42.4 Å². The fourth-order valence-corrected chi connectivity index (χ4v) is 9.48. The molecule has 1 heterocycles. The molecule has 0 amide bonds. The molecule has 0 spiro atoms. The maximum absolute atomic E-state index is 6.43. The number of hydrogen-bond donors (Lipinski definition) is 0. The summed E-state index contributed by atoms with van der Waals surface area (Å²) in [4.78, 5) is 4.88. The van der Waals surface area contributed by atoms with Crippen molar-refractivity contribution in [3.8, 4) is 11.1 Å². The topological polar surface area (TPSA) is 19.6 Å². The zero-order valence-corrected chi connectivity index (χ0v) is 35.7. The summed E-state index contributed by atoms with van der Waals surface area (Å²) in [6.45, 7) is 0. The zero-order chi connectivity index (χ0) is 42.7. The van der Waals surface area contributed by atoms with Gasteiger partial charge in [0.1, 0.15) is 11.2 Å². The quantitative estimate of drug-likeness (QED) is 0.137. The Morgan fingerprint density at radius 1 is 0.438 bits per heavy atom. The van der Waals surface area contributed by atoms with Crippen LogP contribution in [0.15, 0.2) is 252 Å². The lowest BCUT2D eigenvalue weighted by molar-refractivity contribution is 0.669. The first-order valence-corrected chi connectivity index (χ1v) is 22.5. The number of furan rings is 1. The molecule has 3 aliphatic carbocycles. The molecule has 0 fully saturated rings. The van der Waals surface area contributed by atoms with Crippen LogP contribution < -0.4 is 9.80 Å². The number of anilines is 3. The van der Waals surface area contributed by atoms with Crippen molar-refractivity contribution in [1.82, 2.24) is 0 Å². The van der Waals surface area contributed by atoms with Gasteiger partial charge >= 0.3 is 0 Å². The summed E-state index contributed by atoms with van der Waals surface area (Å²) in [5.41, 5.74) is 17.7. The molecule has 7 aromatic carbocycles. The lowest BCUT2D eigenvalue weighted by Gasteiger charge is -2.36. The van der Waals surface area contributed by atoms with Crippen LogP contribution in [-0.4, -0.2) is 6.04 Å². The predicted molar refractivity (Wildman–Crippen MR) is 270 cm³/mol. The first-order chi connectivity index (χ1) is 31.7. The SMILES string of the molecule is C1=CC(N(c2ccccc2)c2ccc(-c3ccc4oc5ccc(C6=CC=C(N(c7ccccc7)C7C=CC(c8ccccc8)=CC7)CC6)cc5c4c3)cc2)=CCC=C1c1ccccc1. The van der Waals surface area contributed by atoms with Crippen LogP contribution in [0.3, 0.4) is 0 Å². The van der Waals surface area contributed by atoms with E-state index in [4.69, 9.17) is 4.42 Å². The van der Waals surface area contributed by atoms with E-state index in [1.807, 2.05) is 0 Å². The fraction of sp³-hybridized carbons (Fsp3) is 0.0820. The van der Waals surface area contributed by atoms with Gasteiger partial charge in [0.05, 0.1) is 6.04 Å². The van der Waals surface area contributed by atoms with E-state index in [1.54, 1.807) is 0 Å². The highest BCUT2D eigenvalue weighted by Crippen LogP contribution is 2.40. The number of allylic oxidation sites excluding steroid dienone is 11. The maximum Gasteiger partial charge on any atom is 0.135 e. The van der Waals surface area contributed by atoms with E-state index in [0.29, 0.717) is 0 Å². The van der Waals surface area contributed by atoms with Gasteiger partial charge in [-0.15, -0.1) is 0 Å². The van der Waals surface area contributed by atoms with Crippen molar-refractivity contribution in [2.45, 2.75) is 31.7 Å². The zero-order valence-electron chi connectivity index (χ0n) is 35.7. The van der Waals surface area contributed by atoms with Crippen LogP contribution in [0.5, 0.6) is 0 Å². The fourth-order valence-electron chi connectivity index (χ4n) is 9.48. The van der Waals surface area contributed by atoms with Crippen molar-refractivity contribution in [3.05, 3.63) is 265 Å². The molecule has 308 valence electrons. The molecule has 64 heavy (non-hydrogen) atoms. The second-order valence-corrected chi connectivity index (χ2v) is 16.7. The van der Waals surface area contributed by atoms with Crippen molar-refractivity contribution in [1.29, 1.82) is 0 Å². The van der Waals surface area contributed by atoms with Gasteiger partial charge in [0.25, 0.3) is 0 Å². The van der Waals surface area contributed by atoms with Gasteiger partial charge in [0.2, 0.25) is 0 Å². The second-order valence-electron chi connectivity index (χ2n) is 16.7. The number of benzene rings is 7. The average molecular weight is 825 g/mol. The highest BCUT2D eigenvalue weighted by atomic mass is 16.3. The van der Waals surface area contributed by atoms with Gasteiger partial charge in [-0.05, 0) is 143 Å². The van der Waals surface area contributed by atoms with Crippen molar-refractivity contribution in [3.63, 3.8) is 0 Å². The Hall–Kier alpha value is -7.88.